The number of rotatable bonds is 7. The van der Waals surface area contributed by atoms with Crippen LogP contribution >= 0.6 is 0 Å². The molecule has 0 fully saturated rings. The maximum Gasteiger partial charge on any atom is 0.335 e. The maximum atomic E-state index is 11.5. The summed E-state index contributed by atoms with van der Waals surface area (Å²) in [7, 11) is 0. The highest BCUT2D eigenvalue weighted by atomic mass is 16.4. The molecule has 0 aliphatic carbocycles. The molecule has 6 nitrogen and oxygen atoms in total. The molecule has 102 valence electrons. The number of unbranched alkanes of at least 4 members (excludes halogenated alkanes) is 1. The van der Waals surface area contributed by atoms with Crippen LogP contribution in [-0.4, -0.2) is 28.1 Å². The van der Waals surface area contributed by atoms with Gasteiger partial charge in [-0.25, -0.2) is 4.79 Å². The summed E-state index contributed by atoms with van der Waals surface area (Å²) in [6, 6.07) is 5.95. The van der Waals surface area contributed by atoms with E-state index in [0.29, 0.717) is 18.5 Å². The number of hydrogen-bond acceptors (Lipinski definition) is 3. The predicted molar refractivity (Wildman–Crippen MR) is 68.1 cm³/mol. The van der Waals surface area contributed by atoms with Crippen molar-refractivity contribution in [2.75, 3.05) is 5.32 Å². The number of hydrogen-bond donors (Lipinski definition) is 3. The summed E-state index contributed by atoms with van der Waals surface area (Å²) in [6.07, 6.45) is 1.18. The van der Waals surface area contributed by atoms with E-state index in [4.69, 9.17) is 10.2 Å². The summed E-state index contributed by atoms with van der Waals surface area (Å²) in [5, 5.41) is 19.8. The molecule has 0 aliphatic heterocycles. The van der Waals surface area contributed by atoms with Crippen LogP contribution in [0.2, 0.25) is 0 Å². The first-order chi connectivity index (χ1) is 8.99. The first-order valence-corrected chi connectivity index (χ1v) is 5.84. The minimum atomic E-state index is -1.06. The monoisotopic (exact) mass is 265 g/mol. The van der Waals surface area contributed by atoms with E-state index >= 15 is 0 Å². The molecule has 3 N–H and O–H groups in total. The zero-order chi connectivity index (χ0) is 14.3. The van der Waals surface area contributed by atoms with Crippen LogP contribution in [0.25, 0.3) is 0 Å². The lowest BCUT2D eigenvalue weighted by atomic mass is 10.1. The Morgan fingerprint density at radius 2 is 1.74 bits per heavy atom. The van der Waals surface area contributed by atoms with E-state index in [9.17, 15) is 14.4 Å². The van der Waals surface area contributed by atoms with Gasteiger partial charge in [-0.05, 0) is 31.0 Å². The van der Waals surface area contributed by atoms with Gasteiger partial charge >= 0.3 is 11.9 Å². The Bertz CT molecular complexity index is 484. The second-order valence-corrected chi connectivity index (χ2v) is 4.03. The number of nitrogens with one attached hydrogen (secondary N) is 1. The molecular weight excluding hydrogens is 250 g/mol. The predicted octanol–water partition coefficient (Wildman–Crippen LogP) is 1.97. The lowest BCUT2D eigenvalue weighted by Crippen LogP contribution is -2.11. The molecule has 0 radical (unpaired) electrons. The molecule has 0 saturated carbocycles. The quantitative estimate of drug-likeness (QED) is 0.654. The number of carbonyl (C=O) groups is 3. The number of anilines is 1. The lowest BCUT2D eigenvalue weighted by molar-refractivity contribution is -0.137. The van der Waals surface area contributed by atoms with Crippen molar-refractivity contribution in [2.24, 2.45) is 0 Å². The minimum Gasteiger partial charge on any atom is -0.481 e. The van der Waals surface area contributed by atoms with Crippen molar-refractivity contribution in [1.82, 2.24) is 0 Å². The number of aromatic carboxylic acids is 1. The molecule has 0 bridgehead atoms. The summed E-state index contributed by atoms with van der Waals surface area (Å²) >= 11 is 0. The van der Waals surface area contributed by atoms with Gasteiger partial charge in [0.15, 0.2) is 0 Å². The SMILES string of the molecule is O=C(O)CCCCC(=O)Nc1cccc(C(=O)O)c1. The summed E-state index contributed by atoms with van der Waals surface area (Å²) < 4.78 is 0. The maximum absolute atomic E-state index is 11.5. The fourth-order valence-electron chi connectivity index (χ4n) is 1.52. The molecule has 6 heteroatoms. The first-order valence-electron chi connectivity index (χ1n) is 5.84. The van der Waals surface area contributed by atoms with Gasteiger partial charge in [0.25, 0.3) is 0 Å². The highest BCUT2D eigenvalue weighted by molar-refractivity contribution is 5.93. The van der Waals surface area contributed by atoms with Crippen molar-refractivity contribution in [3.63, 3.8) is 0 Å². The highest BCUT2D eigenvalue weighted by Gasteiger charge is 2.06. The normalized spacial score (nSPS) is 9.89. The summed E-state index contributed by atoms with van der Waals surface area (Å²) in [4.78, 5) is 32.6. The van der Waals surface area contributed by atoms with Crippen LogP contribution in [0.1, 0.15) is 36.0 Å². The molecule has 1 aromatic rings. The van der Waals surface area contributed by atoms with Crippen molar-refractivity contribution >= 4 is 23.5 Å². The van der Waals surface area contributed by atoms with Gasteiger partial charge < -0.3 is 15.5 Å². The number of benzene rings is 1. The molecule has 0 heterocycles. The molecule has 0 atom stereocenters. The van der Waals surface area contributed by atoms with Crippen LogP contribution in [0, 0.1) is 0 Å². The number of aliphatic carboxylic acids is 1. The minimum absolute atomic E-state index is 0.0434. The first kappa shape index (κ1) is 14.7. The van der Waals surface area contributed by atoms with Gasteiger partial charge in [0, 0.05) is 18.5 Å². The summed E-state index contributed by atoms with van der Waals surface area (Å²) in [5.74, 6) is -2.19. The Labute approximate surface area is 110 Å². The highest BCUT2D eigenvalue weighted by Crippen LogP contribution is 2.11. The molecule has 0 spiro atoms. The number of carboxylic acids is 2. The number of carboxylic acid groups (broad SMARTS) is 2. The fraction of sp³-hybridized carbons (Fsp3) is 0.308. The summed E-state index contributed by atoms with van der Waals surface area (Å²) in [5.41, 5.74) is 0.520. The lowest BCUT2D eigenvalue weighted by Gasteiger charge is -2.05. The van der Waals surface area contributed by atoms with Gasteiger partial charge in [0.05, 0.1) is 5.56 Å². The van der Waals surface area contributed by atoms with Gasteiger partial charge in [-0.3, -0.25) is 9.59 Å². The largest absolute Gasteiger partial charge is 0.481 e. The standard InChI is InChI=1S/C13H15NO5/c15-11(6-1-2-7-12(16)17)14-10-5-3-4-9(8-10)13(18)19/h3-5,8H,1-2,6-7H2,(H,14,15)(H,16,17)(H,18,19). The third kappa shape index (κ3) is 5.67. The van der Waals surface area contributed by atoms with E-state index < -0.39 is 11.9 Å². The molecule has 1 rings (SSSR count). The van der Waals surface area contributed by atoms with E-state index in [0.717, 1.165) is 0 Å². The van der Waals surface area contributed by atoms with Crippen molar-refractivity contribution in [2.45, 2.75) is 25.7 Å². The molecule has 0 aromatic heterocycles. The van der Waals surface area contributed by atoms with Crippen LogP contribution in [0.15, 0.2) is 24.3 Å². The second-order valence-electron chi connectivity index (χ2n) is 4.03. The van der Waals surface area contributed by atoms with Crippen LogP contribution in [0.3, 0.4) is 0 Å². The Morgan fingerprint density at radius 1 is 1.05 bits per heavy atom. The number of carbonyl (C=O) groups excluding carboxylic acids is 1. The van der Waals surface area contributed by atoms with Crippen LogP contribution in [0.5, 0.6) is 0 Å². The van der Waals surface area contributed by atoms with Gasteiger partial charge in [-0.1, -0.05) is 6.07 Å². The fourth-order valence-corrected chi connectivity index (χ4v) is 1.52. The molecule has 19 heavy (non-hydrogen) atoms. The van der Waals surface area contributed by atoms with E-state index in [1.54, 1.807) is 12.1 Å². The topological polar surface area (TPSA) is 104 Å². The Kier molecular flexibility index (Phi) is 5.53. The summed E-state index contributed by atoms with van der Waals surface area (Å²) in [6.45, 7) is 0. The average Bonchev–Trinajstić information content (AvgIpc) is 2.34. The molecule has 0 unspecified atom stereocenters. The van der Waals surface area contributed by atoms with Gasteiger partial charge in [0.2, 0.25) is 5.91 Å². The molecular formula is C13H15NO5. The van der Waals surface area contributed by atoms with Gasteiger partial charge in [-0.2, -0.15) is 0 Å². The third-order valence-corrected chi connectivity index (χ3v) is 2.44. The zero-order valence-corrected chi connectivity index (χ0v) is 10.3. The Morgan fingerprint density at radius 3 is 2.37 bits per heavy atom. The van der Waals surface area contributed by atoms with Crippen LogP contribution in [-0.2, 0) is 9.59 Å². The molecule has 1 aromatic carbocycles. The average molecular weight is 265 g/mol. The van der Waals surface area contributed by atoms with Crippen molar-refractivity contribution in [3.8, 4) is 0 Å². The van der Waals surface area contributed by atoms with Crippen LogP contribution < -0.4 is 5.32 Å². The Balaban J connectivity index is 2.42. The second kappa shape index (κ2) is 7.15. The zero-order valence-electron chi connectivity index (χ0n) is 10.3. The third-order valence-electron chi connectivity index (χ3n) is 2.44. The van der Waals surface area contributed by atoms with Crippen molar-refractivity contribution in [3.05, 3.63) is 29.8 Å². The van der Waals surface area contributed by atoms with Crippen molar-refractivity contribution < 1.29 is 24.6 Å². The molecule has 1 amide bonds. The van der Waals surface area contributed by atoms with E-state index in [1.165, 1.54) is 12.1 Å². The number of amides is 1. The van der Waals surface area contributed by atoms with Crippen LogP contribution in [0.4, 0.5) is 5.69 Å². The Hall–Kier alpha value is -2.37. The van der Waals surface area contributed by atoms with E-state index in [2.05, 4.69) is 5.32 Å². The van der Waals surface area contributed by atoms with Gasteiger partial charge in [-0.15, -0.1) is 0 Å². The van der Waals surface area contributed by atoms with Gasteiger partial charge in [0.1, 0.15) is 0 Å². The molecule has 0 aliphatic rings. The van der Waals surface area contributed by atoms with E-state index in [-0.39, 0.29) is 24.3 Å². The van der Waals surface area contributed by atoms with E-state index in [1.807, 2.05) is 0 Å². The smallest absolute Gasteiger partial charge is 0.335 e. The molecule has 0 saturated heterocycles. The van der Waals surface area contributed by atoms with Crippen molar-refractivity contribution in [1.29, 1.82) is 0 Å².